The number of hydrogen-bond acceptors (Lipinski definition) is 3. The minimum atomic E-state index is -0.215. The van der Waals surface area contributed by atoms with E-state index in [1.165, 1.54) is 0 Å². The van der Waals surface area contributed by atoms with Gasteiger partial charge in [-0.2, -0.15) is 4.98 Å². The van der Waals surface area contributed by atoms with E-state index < -0.39 is 0 Å². The van der Waals surface area contributed by atoms with Gasteiger partial charge in [-0.1, -0.05) is 18.2 Å². The van der Waals surface area contributed by atoms with E-state index in [4.69, 9.17) is 4.74 Å². The zero-order valence-electron chi connectivity index (χ0n) is 11.7. The summed E-state index contributed by atoms with van der Waals surface area (Å²) in [7, 11) is 1.61. The Morgan fingerprint density at radius 3 is 2.48 bits per heavy atom. The van der Waals surface area contributed by atoms with E-state index in [9.17, 15) is 4.79 Å². The third-order valence-electron chi connectivity index (χ3n) is 3.28. The van der Waals surface area contributed by atoms with Crippen LogP contribution in [0.15, 0.2) is 53.3 Å². The molecule has 2 aromatic carbocycles. The molecule has 0 N–H and O–H groups in total. The van der Waals surface area contributed by atoms with Crippen LogP contribution in [0.25, 0.3) is 16.6 Å². The van der Waals surface area contributed by atoms with Crippen LogP contribution in [0.1, 0.15) is 5.82 Å². The third kappa shape index (κ3) is 2.62. The van der Waals surface area contributed by atoms with Crippen LogP contribution in [0.5, 0.6) is 5.75 Å². The highest BCUT2D eigenvalue weighted by Gasteiger charge is 2.10. The Hall–Kier alpha value is -2.33. The number of aromatic nitrogens is 2. The maximum Gasteiger partial charge on any atom is 0.280 e. The van der Waals surface area contributed by atoms with Crippen LogP contribution in [0.2, 0.25) is 0 Å². The summed E-state index contributed by atoms with van der Waals surface area (Å²) in [5.41, 5.74) is 1.55. The van der Waals surface area contributed by atoms with E-state index in [0.29, 0.717) is 17.0 Å². The lowest BCUT2D eigenvalue weighted by Crippen LogP contribution is -2.15. The van der Waals surface area contributed by atoms with Crippen LogP contribution in [0.4, 0.5) is 0 Å². The van der Waals surface area contributed by atoms with Crippen molar-refractivity contribution >= 4 is 23.3 Å². The van der Waals surface area contributed by atoms with Gasteiger partial charge < -0.3 is 4.74 Å². The topological polar surface area (TPSA) is 44.1 Å². The lowest BCUT2D eigenvalue weighted by molar-refractivity contribution is 0.415. The fourth-order valence-electron chi connectivity index (χ4n) is 2.34. The largest absolute Gasteiger partial charge is 0.497 e. The number of halogens is 1. The first-order chi connectivity index (χ1) is 9.70. The molecule has 0 saturated heterocycles. The van der Waals surface area contributed by atoms with Crippen molar-refractivity contribution in [2.45, 2.75) is 6.92 Å². The molecule has 3 rings (SSSR count). The number of nitrogens with zero attached hydrogens (tertiary/aromatic N) is 2. The first-order valence-corrected chi connectivity index (χ1v) is 6.33. The van der Waals surface area contributed by atoms with Gasteiger partial charge in [0.2, 0.25) is 0 Å². The molecular formula is C16H15ClN2O2. The second-order valence-corrected chi connectivity index (χ2v) is 4.52. The maximum absolute atomic E-state index is 12.0. The van der Waals surface area contributed by atoms with Crippen molar-refractivity contribution in [1.82, 2.24) is 9.55 Å². The first kappa shape index (κ1) is 15.1. The second-order valence-electron chi connectivity index (χ2n) is 4.52. The number of fused-ring (bicyclic) bond motifs is 1. The molecule has 0 aliphatic carbocycles. The molecular weight excluding hydrogens is 288 g/mol. The Balaban J connectivity index is 0.00000161. The van der Waals surface area contributed by atoms with E-state index in [1.807, 2.05) is 47.9 Å². The number of ether oxygens (including phenoxy) is 1. The van der Waals surface area contributed by atoms with Gasteiger partial charge in [-0.05, 0) is 31.2 Å². The SMILES string of the molecule is COc1ccc2c(=O)nc(C)n(-c3ccccc3)c2c1.Cl. The number of rotatable bonds is 2. The van der Waals surface area contributed by atoms with Crippen LogP contribution in [0, 0.1) is 6.92 Å². The highest BCUT2D eigenvalue weighted by molar-refractivity contribution is 5.85. The highest BCUT2D eigenvalue weighted by atomic mass is 35.5. The number of benzene rings is 2. The van der Waals surface area contributed by atoms with Crippen LogP contribution in [0.3, 0.4) is 0 Å². The van der Waals surface area contributed by atoms with Gasteiger partial charge in [0.25, 0.3) is 5.56 Å². The Labute approximate surface area is 128 Å². The molecule has 21 heavy (non-hydrogen) atoms. The van der Waals surface area contributed by atoms with E-state index in [-0.39, 0.29) is 18.0 Å². The van der Waals surface area contributed by atoms with Gasteiger partial charge >= 0.3 is 0 Å². The zero-order valence-corrected chi connectivity index (χ0v) is 12.6. The van der Waals surface area contributed by atoms with Gasteiger partial charge in [0.15, 0.2) is 0 Å². The smallest absolute Gasteiger partial charge is 0.280 e. The van der Waals surface area contributed by atoms with Crippen LogP contribution in [-0.4, -0.2) is 16.7 Å². The van der Waals surface area contributed by atoms with Gasteiger partial charge in [0.1, 0.15) is 11.6 Å². The monoisotopic (exact) mass is 302 g/mol. The van der Waals surface area contributed by atoms with Crippen molar-refractivity contribution < 1.29 is 4.74 Å². The molecule has 4 nitrogen and oxygen atoms in total. The average molecular weight is 303 g/mol. The summed E-state index contributed by atoms with van der Waals surface area (Å²) < 4.78 is 7.21. The molecule has 0 radical (unpaired) electrons. The fourth-order valence-corrected chi connectivity index (χ4v) is 2.34. The Kier molecular flexibility index (Phi) is 4.29. The Bertz CT molecular complexity index is 829. The quantitative estimate of drug-likeness (QED) is 0.730. The van der Waals surface area contributed by atoms with E-state index in [2.05, 4.69) is 4.98 Å². The highest BCUT2D eigenvalue weighted by Crippen LogP contribution is 2.22. The molecule has 1 aromatic heterocycles. The predicted molar refractivity (Wildman–Crippen MR) is 85.9 cm³/mol. The van der Waals surface area contributed by atoms with Crippen molar-refractivity contribution in [2.75, 3.05) is 7.11 Å². The molecule has 0 spiro atoms. The fraction of sp³-hybridized carbons (Fsp3) is 0.125. The lowest BCUT2D eigenvalue weighted by Gasteiger charge is -2.14. The molecule has 0 saturated carbocycles. The minimum Gasteiger partial charge on any atom is -0.497 e. The van der Waals surface area contributed by atoms with Gasteiger partial charge in [0, 0.05) is 11.8 Å². The molecule has 3 aromatic rings. The standard InChI is InChI=1S/C16H14N2O2.ClH/c1-11-17-16(19)14-9-8-13(20-2)10-15(14)18(11)12-6-4-3-5-7-12;/h3-10H,1-2H3;1H. The molecule has 0 bridgehead atoms. The number of hydrogen-bond donors (Lipinski definition) is 0. The Morgan fingerprint density at radius 2 is 1.81 bits per heavy atom. The second kappa shape index (κ2) is 5.97. The predicted octanol–water partition coefficient (Wildman–Crippen LogP) is 3.12. The summed E-state index contributed by atoms with van der Waals surface area (Å²) in [6, 6.07) is 15.2. The summed E-state index contributed by atoms with van der Waals surface area (Å²) in [6.07, 6.45) is 0. The minimum absolute atomic E-state index is 0. The summed E-state index contributed by atoms with van der Waals surface area (Å²) in [6.45, 7) is 1.83. The van der Waals surface area contributed by atoms with E-state index >= 15 is 0 Å². The maximum atomic E-state index is 12.0. The lowest BCUT2D eigenvalue weighted by atomic mass is 10.2. The molecule has 108 valence electrons. The Morgan fingerprint density at radius 1 is 1.10 bits per heavy atom. The molecule has 0 amide bonds. The summed E-state index contributed by atoms with van der Waals surface area (Å²) in [4.78, 5) is 16.1. The van der Waals surface area contributed by atoms with Crippen molar-refractivity contribution in [1.29, 1.82) is 0 Å². The first-order valence-electron chi connectivity index (χ1n) is 6.33. The number of methoxy groups -OCH3 is 1. The van der Waals surface area contributed by atoms with Gasteiger partial charge in [-0.25, -0.2) is 0 Å². The normalized spacial score (nSPS) is 10.2. The summed E-state index contributed by atoms with van der Waals surface area (Å²) in [5.74, 6) is 1.37. The van der Waals surface area contributed by atoms with Gasteiger partial charge in [-0.3, -0.25) is 9.36 Å². The molecule has 0 fully saturated rings. The van der Waals surface area contributed by atoms with Crippen LogP contribution < -0.4 is 10.3 Å². The van der Waals surface area contributed by atoms with E-state index in [1.54, 1.807) is 19.2 Å². The van der Waals surface area contributed by atoms with Crippen molar-refractivity contribution in [2.24, 2.45) is 0 Å². The van der Waals surface area contributed by atoms with Crippen LogP contribution >= 0.6 is 12.4 Å². The molecule has 0 aliphatic rings. The number of para-hydroxylation sites is 1. The van der Waals surface area contributed by atoms with E-state index in [0.717, 1.165) is 11.2 Å². The average Bonchev–Trinajstić information content (AvgIpc) is 2.47. The van der Waals surface area contributed by atoms with Crippen molar-refractivity contribution in [3.8, 4) is 11.4 Å². The number of aryl methyl sites for hydroxylation is 1. The molecule has 1 heterocycles. The summed E-state index contributed by atoms with van der Waals surface area (Å²) in [5, 5.41) is 0.584. The van der Waals surface area contributed by atoms with Crippen LogP contribution in [-0.2, 0) is 0 Å². The third-order valence-corrected chi connectivity index (χ3v) is 3.28. The van der Waals surface area contributed by atoms with Gasteiger partial charge in [-0.15, -0.1) is 12.4 Å². The molecule has 0 atom stereocenters. The molecule has 5 heteroatoms. The van der Waals surface area contributed by atoms with Crippen molar-refractivity contribution in [3.63, 3.8) is 0 Å². The molecule has 0 unspecified atom stereocenters. The zero-order chi connectivity index (χ0) is 14.1. The van der Waals surface area contributed by atoms with Crippen molar-refractivity contribution in [3.05, 3.63) is 64.7 Å². The summed E-state index contributed by atoms with van der Waals surface area (Å²) >= 11 is 0. The molecule has 0 aliphatic heterocycles. The van der Waals surface area contributed by atoms with Gasteiger partial charge in [0.05, 0.1) is 18.0 Å².